The van der Waals surface area contributed by atoms with Crippen LogP contribution in [0.1, 0.15) is 32.3 Å². The van der Waals surface area contributed by atoms with Crippen LogP contribution < -0.4 is 10.6 Å². The number of benzene rings is 1. The molecule has 3 nitrogen and oxygen atoms in total. The fraction of sp³-hybridized carbons (Fsp3) is 0.500. The van der Waals surface area contributed by atoms with E-state index in [1.54, 1.807) is 0 Å². The average molecular weight is 234 g/mol. The Morgan fingerprint density at radius 1 is 1.41 bits per heavy atom. The quantitative estimate of drug-likeness (QED) is 0.794. The maximum atomic E-state index is 11.5. The first-order valence-electron chi connectivity index (χ1n) is 6.21. The van der Waals surface area contributed by atoms with Gasteiger partial charge in [-0.05, 0) is 38.0 Å². The van der Waals surface area contributed by atoms with Crippen LogP contribution in [0.25, 0.3) is 0 Å². The van der Waals surface area contributed by atoms with Gasteiger partial charge in [0, 0.05) is 24.7 Å². The van der Waals surface area contributed by atoms with Gasteiger partial charge < -0.3 is 10.6 Å². The summed E-state index contributed by atoms with van der Waals surface area (Å²) in [6.45, 7) is 6.81. The summed E-state index contributed by atoms with van der Waals surface area (Å²) in [7, 11) is 0. The van der Waals surface area contributed by atoms with Gasteiger partial charge in [-0.2, -0.15) is 0 Å². The van der Waals surface area contributed by atoms with Crippen LogP contribution in [-0.4, -0.2) is 18.5 Å². The standard InChI is InChI=1S/C14H22N2O/c1-4-12(3)16-14(17)8-9-15-13-7-5-6-11(2)10-13/h5-7,10,12,15H,4,8-9H2,1-3H3,(H,16,17). The predicted octanol–water partition coefficient (Wildman–Crippen LogP) is 2.71. The Hall–Kier alpha value is -1.51. The van der Waals surface area contributed by atoms with E-state index in [1.807, 2.05) is 19.1 Å². The molecule has 94 valence electrons. The fourth-order valence-electron chi connectivity index (χ4n) is 1.52. The van der Waals surface area contributed by atoms with E-state index in [2.05, 4.69) is 36.6 Å². The van der Waals surface area contributed by atoms with Crippen molar-refractivity contribution in [3.63, 3.8) is 0 Å². The first-order chi connectivity index (χ1) is 8.11. The molecule has 0 saturated heterocycles. The Balaban J connectivity index is 2.26. The minimum absolute atomic E-state index is 0.111. The van der Waals surface area contributed by atoms with Crippen molar-refractivity contribution in [1.29, 1.82) is 0 Å². The first-order valence-corrected chi connectivity index (χ1v) is 6.21. The molecule has 17 heavy (non-hydrogen) atoms. The van der Waals surface area contributed by atoms with Crippen molar-refractivity contribution in [1.82, 2.24) is 5.32 Å². The molecule has 0 aromatic heterocycles. The lowest BCUT2D eigenvalue weighted by Gasteiger charge is -2.12. The minimum atomic E-state index is 0.111. The van der Waals surface area contributed by atoms with E-state index >= 15 is 0 Å². The maximum Gasteiger partial charge on any atom is 0.221 e. The minimum Gasteiger partial charge on any atom is -0.385 e. The number of nitrogens with one attached hydrogen (secondary N) is 2. The van der Waals surface area contributed by atoms with Crippen LogP contribution >= 0.6 is 0 Å². The number of carbonyl (C=O) groups is 1. The summed E-state index contributed by atoms with van der Waals surface area (Å²) in [6.07, 6.45) is 1.48. The normalized spacial score (nSPS) is 11.9. The molecule has 0 heterocycles. The molecule has 0 aliphatic heterocycles. The summed E-state index contributed by atoms with van der Waals surface area (Å²) in [5, 5.41) is 6.20. The summed E-state index contributed by atoms with van der Waals surface area (Å²) < 4.78 is 0. The molecule has 0 radical (unpaired) electrons. The van der Waals surface area contributed by atoms with Gasteiger partial charge in [0.2, 0.25) is 5.91 Å². The zero-order valence-electron chi connectivity index (χ0n) is 10.9. The van der Waals surface area contributed by atoms with Crippen LogP contribution in [-0.2, 0) is 4.79 Å². The zero-order chi connectivity index (χ0) is 12.7. The molecule has 0 saturated carbocycles. The van der Waals surface area contributed by atoms with E-state index in [0.29, 0.717) is 13.0 Å². The fourth-order valence-corrected chi connectivity index (χ4v) is 1.52. The zero-order valence-corrected chi connectivity index (χ0v) is 10.9. The number of hydrogen-bond donors (Lipinski definition) is 2. The van der Waals surface area contributed by atoms with Crippen molar-refractivity contribution in [2.75, 3.05) is 11.9 Å². The van der Waals surface area contributed by atoms with E-state index in [-0.39, 0.29) is 11.9 Å². The molecular weight excluding hydrogens is 212 g/mol. The van der Waals surface area contributed by atoms with Gasteiger partial charge in [-0.25, -0.2) is 0 Å². The van der Waals surface area contributed by atoms with E-state index in [9.17, 15) is 4.79 Å². The van der Waals surface area contributed by atoms with Gasteiger partial charge in [-0.15, -0.1) is 0 Å². The highest BCUT2D eigenvalue weighted by atomic mass is 16.1. The van der Waals surface area contributed by atoms with E-state index in [0.717, 1.165) is 12.1 Å². The second-order valence-electron chi connectivity index (χ2n) is 4.42. The molecule has 0 bridgehead atoms. The molecule has 3 heteroatoms. The van der Waals surface area contributed by atoms with Gasteiger partial charge in [-0.3, -0.25) is 4.79 Å². The van der Waals surface area contributed by atoms with Gasteiger partial charge >= 0.3 is 0 Å². The molecule has 1 atom stereocenters. The molecular formula is C14H22N2O. The summed E-state index contributed by atoms with van der Waals surface area (Å²) in [5.74, 6) is 0.111. The molecule has 0 aliphatic rings. The summed E-state index contributed by atoms with van der Waals surface area (Å²) in [4.78, 5) is 11.5. The second-order valence-corrected chi connectivity index (χ2v) is 4.42. The third-order valence-electron chi connectivity index (χ3n) is 2.72. The van der Waals surface area contributed by atoms with Crippen molar-refractivity contribution in [3.8, 4) is 0 Å². The van der Waals surface area contributed by atoms with E-state index < -0.39 is 0 Å². The molecule has 0 fully saturated rings. The molecule has 1 aromatic carbocycles. The van der Waals surface area contributed by atoms with Crippen molar-refractivity contribution in [2.24, 2.45) is 0 Å². The van der Waals surface area contributed by atoms with Crippen molar-refractivity contribution < 1.29 is 4.79 Å². The van der Waals surface area contributed by atoms with Crippen LogP contribution in [0.15, 0.2) is 24.3 Å². The van der Waals surface area contributed by atoms with Crippen molar-refractivity contribution in [3.05, 3.63) is 29.8 Å². The van der Waals surface area contributed by atoms with E-state index in [4.69, 9.17) is 0 Å². The summed E-state index contributed by atoms with van der Waals surface area (Å²) >= 11 is 0. The van der Waals surface area contributed by atoms with E-state index in [1.165, 1.54) is 5.56 Å². The highest BCUT2D eigenvalue weighted by Crippen LogP contribution is 2.09. The Morgan fingerprint density at radius 3 is 2.82 bits per heavy atom. The molecule has 1 unspecified atom stereocenters. The number of aryl methyl sites for hydroxylation is 1. The number of hydrogen-bond acceptors (Lipinski definition) is 2. The third kappa shape index (κ3) is 5.38. The van der Waals surface area contributed by atoms with Crippen LogP contribution in [0, 0.1) is 6.92 Å². The monoisotopic (exact) mass is 234 g/mol. The number of rotatable bonds is 6. The molecule has 1 aromatic rings. The summed E-state index contributed by atoms with van der Waals surface area (Å²) in [6, 6.07) is 8.42. The van der Waals surface area contributed by atoms with Gasteiger partial charge in [0.25, 0.3) is 0 Å². The maximum absolute atomic E-state index is 11.5. The Kier molecular flexibility index (Phi) is 5.53. The summed E-state index contributed by atoms with van der Waals surface area (Å²) in [5.41, 5.74) is 2.29. The topological polar surface area (TPSA) is 41.1 Å². The predicted molar refractivity (Wildman–Crippen MR) is 72.2 cm³/mol. The average Bonchev–Trinajstić information content (AvgIpc) is 2.29. The van der Waals surface area contributed by atoms with Gasteiger partial charge in [0.1, 0.15) is 0 Å². The molecule has 2 N–H and O–H groups in total. The first kappa shape index (κ1) is 13.6. The smallest absolute Gasteiger partial charge is 0.221 e. The lowest BCUT2D eigenvalue weighted by molar-refractivity contribution is -0.121. The second kappa shape index (κ2) is 6.94. The largest absolute Gasteiger partial charge is 0.385 e. The third-order valence-corrected chi connectivity index (χ3v) is 2.72. The Labute approximate surface area is 104 Å². The molecule has 0 aliphatic carbocycles. The van der Waals surface area contributed by atoms with Crippen LogP contribution in [0.2, 0.25) is 0 Å². The number of amides is 1. The number of carbonyl (C=O) groups excluding carboxylic acids is 1. The molecule has 0 spiro atoms. The van der Waals surface area contributed by atoms with Gasteiger partial charge in [-0.1, -0.05) is 19.1 Å². The highest BCUT2D eigenvalue weighted by molar-refractivity contribution is 5.76. The SMILES string of the molecule is CCC(C)NC(=O)CCNc1cccc(C)c1. The van der Waals surface area contributed by atoms with Gasteiger partial charge in [0.05, 0.1) is 0 Å². The van der Waals surface area contributed by atoms with Crippen LogP contribution in [0.5, 0.6) is 0 Å². The van der Waals surface area contributed by atoms with Crippen molar-refractivity contribution >= 4 is 11.6 Å². The lowest BCUT2D eigenvalue weighted by atomic mass is 10.2. The molecule has 1 rings (SSSR count). The van der Waals surface area contributed by atoms with Crippen LogP contribution in [0.3, 0.4) is 0 Å². The number of anilines is 1. The van der Waals surface area contributed by atoms with Crippen molar-refractivity contribution in [2.45, 2.75) is 39.7 Å². The molecule has 1 amide bonds. The van der Waals surface area contributed by atoms with Crippen LogP contribution in [0.4, 0.5) is 5.69 Å². The highest BCUT2D eigenvalue weighted by Gasteiger charge is 2.04. The van der Waals surface area contributed by atoms with Gasteiger partial charge in [0.15, 0.2) is 0 Å². The lowest BCUT2D eigenvalue weighted by Crippen LogP contribution is -2.32. The Bertz CT molecular complexity index is 363. The Morgan fingerprint density at radius 2 is 2.18 bits per heavy atom.